The molecule has 0 aliphatic heterocycles. The molecule has 0 saturated carbocycles. The van der Waals surface area contributed by atoms with Crippen molar-refractivity contribution in [1.29, 1.82) is 0 Å². The first-order valence-electron chi connectivity index (χ1n) is 7.06. The van der Waals surface area contributed by atoms with E-state index in [1.807, 2.05) is 25.1 Å². The molecule has 0 radical (unpaired) electrons. The van der Waals surface area contributed by atoms with Crippen LogP contribution in [0, 0.1) is 0 Å². The molecule has 5 nitrogen and oxygen atoms in total. The summed E-state index contributed by atoms with van der Waals surface area (Å²) in [5.41, 5.74) is 6.97. The monoisotopic (exact) mass is 353 g/mol. The van der Waals surface area contributed by atoms with E-state index in [-0.39, 0.29) is 6.04 Å². The molecule has 6 heteroatoms. The third kappa shape index (κ3) is 4.82. The van der Waals surface area contributed by atoms with Crippen molar-refractivity contribution in [3.05, 3.63) is 40.0 Å². The fourth-order valence-corrected chi connectivity index (χ4v) is 2.36. The molecule has 0 bridgehead atoms. The van der Waals surface area contributed by atoms with Crippen LogP contribution in [-0.2, 0) is 19.4 Å². The summed E-state index contributed by atoms with van der Waals surface area (Å²) in [5.74, 6) is 2.00. The van der Waals surface area contributed by atoms with Crippen LogP contribution < -0.4 is 10.5 Å². The van der Waals surface area contributed by atoms with Gasteiger partial charge < -0.3 is 15.0 Å². The van der Waals surface area contributed by atoms with Gasteiger partial charge >= 0.3 is 0 Å². The van der Waals surface area contributed by atoms with Crippen LogP contribution >= 0.6 is 15.9 Å². The van der Waals surface area contributed by atoms with Crippen LogP contribution in [0.25, 0.3) is 0 Å². The zero-order valence-electron chi connectivity index (χ0n) is 12.3. The van der Waals surface area contributed by atoms with E-state index >= 15 is 0 Å². The molecule has 1 atom stereocenters. The largest absolute Gasteiger partial charge is 0.485 e. The molecule has 1 unspecified atom stereocenters. The average Bonchev–Trinajstić information content (AvgIpc) is 2.87. The maximum atomic E-state index is 5.85. The first-order chi connectivity index (χ1) is 10.1. The van der Waals surface area contributed by atoms with Crippen LogP contribution in [0.2, 0.25) is 0 Å². The smallest absolute Gasteiger partial charge is 0.226 e. The lowest BCUT2D eigenvalue weighted by atomic mass is 10.1. The van der Waals surface area contributed by atoms with Crippen molar-refractivity contribution < 1.29 is 9.26 Å². The molecule has 0 fully saturated rings. The van der Waals surface area contributed by atoms with Gasteiger partial charge in [0.25, 0.3) is 0 Å². The zero-order chi connectivity index (χ0) is 15.2. The number of hydrogen-bond donors (Lipinski definition) is 1. The predicted molar refractivity (Wildman–Crippen MR) is 84.1 cm³/mol. The van der Waals surface area contributed by atoms with Crippen LogP contribution in [0.4, 0.5) is 0 Å². The second kappa shape index (κ2) is 7.56. The van der Waals surface area contributed by atoms with Crippen LogP contribution in [-0.4, -0.2) is 16.2 Å². The Labute approximate surface area is 133 Å². The van der Waals surface area contributed by atoms with Gasteiger partial charge in [0.15, 0.2) is 6.61 Å². The van der Waals surface area contributed by atoms with Gasteiger partial charge in [0, 0.05) is 16.9 Å². The number of rotatable bonds is 7. The number of aromatic nitrogens is 2. The highest BCUT2D eigenvalue weighted by Crippen LogP contribution is 2.24. The van der Waals surface area contributed by atoms with Gasteiger partial charge in [0.1, 0.15) is 5.75 Å². The Morgan fingerprint density at radius 1 is 1.43 bits per heavy atom. The molecule has 0 aliphatic carbocycles. The van der Waals surface area contributed by atoms with E-state index in [4.69, 9.17) is 15.0 Å². The summed E-state index contributed by atoms with van der Waals surface area (Å²) < 4.78 is 11.9. The quantitative estimate of drug-likeness (QED) is 0.826. The lowest BCUT2D eigenvalue weighted by Gasteiger charge is -2.10. The van der Waals surface area contributed by atoms with Gasteiger partial charge in [-0.15, -0.1) is 0 Å². The number of benzene rings is 1. The fraction of sp³-hybridized carbons (Fsp3) is 0.467. The second-order valence-electron chi connectivity index (χ2n) is 5.08. The topological polar surface area (TPSA) is 74.2 Å². The molecule has 1 aromatic carbocycles. The van der Waals surface area contributed by atoms with Gasteiger partial charge in [0.05, 0.1) is 0 Å². The zero-order valence-corrected chi connectivity index (χ0v) is 13.9. The predicted octanol–water partition coefficient (Wildman–Crippen LogP) is 3.25. The summed E-state index contributed by atoms with van der Waals surface area (Å²) in [5, 5.41) is 3.90. The highest BCUT2D eigenvalue weighted by molar-refractivity contribution is 9.10. The van der Waals surface area contributed by atoms with Gasteiger partial charge in [-0.1, -0.05) is 28.0 Å². The molecule has 0 spiro atoms. The third-order valence-corrected chi connectivity index (χ3v) is 3.67. The van der Waals surface area contributed by atoms with Gasteiger partial charge in [-0.25, -0.2) is 0 Å². The van der Waals surface area contributed by atoms with Gasteiger partial charge in [0.2, 0.25) is 11.7 Å². The number of nitrogens with zero attached hydrogens (tertiary/aromatic N) is 2. The van der Waals surface area contributed by atoms with E-state index in [9.17, 15) is 0 Å². The first-order valence-corrected chi connectivity index (χ1v) is 7.86. The Bertz CT molecular complexity index is 584. The molecule has 2 aromatic rings. The molecule has 2 rings (SSSR count). The van der Waals surface area contributed by atoms with Crippen LogP contribution in [0.15, 0.2) is 27.2 Å². The summed E-state index contributed by atoms with van der Waals surface area (Å²) >= 11 is 3.52. The van der Waals surface area contributed by atoms with E-state index in [1.165, 1.54) is 0 Å². The SMILES string of the molecule is CCCc1nc(COc2ccc(Br)c(CC(C)N)c2)no1. The van der Waals surface area contributed by atoms with E-state index in [1.54, 1.807) is 0 Å². The maximum absolute atomic E-state index is 5.85. The molecule has 2 N–H and O–H groups in total. The number of halogens is 1. The molecule has 0 amide bonds. The molecule has 0 saturated heterocycles. The summed E-state index contributed by atoms with van der Waals surface area (Å²) in [6.45, 7) is 4.35. The summed E-state index contributed by atoms with van der Waals surface area (Å²) in [7, 11) is 0. The van der Waals surface area contributed by atoms with Crippen molar-refractivity contribution in [2.75, 3.05) is 0 Å². The van der Waals surface area contributed by atoms with Crippen LogP contribution in [0.5, 0.6) is 5.75 Å². The van der Waals surface area contributed by atoms with Crippen molar-refractivity contribution >= 4 is 15.9 Å². The molecule has 114 valence electrons. The van der Waals surface area contributed by atoms with Crippen molar-refractivity contribution in [3.63, 3.8) is 0 Å². The highest BCUT2D eigenvalue weighted by Gasteiger charge is 2.08. The van der Waals surface area contributed by atoms with Gasteiger partial charge in [-0.2, -0.15) is 4.98 Å². The standard InChI is InChI=1S/C15H20BrN3O2/c1-3-4-15-18-14(19-21-15)9-20-12-5-6-13(16)11(8-12)7-10(2)17/h5-6,8,10H,3-4,7,9,17H2,1-2H3. The van der Waals surface area contributed by atoms with E-state index < -0.39 is 0 Å². The Morgan fingerprint density at radius 3 is 2.95 bits per heavy atom. The minimum absolute atomic E-state index is 0.102. The maximum Gasteiger partial charge on any atom is 0.226 e. The highest BCUT2D eigenvalue weighted by atomic mass is 79.9. The van der Waals surface area contributed by atoms with E-state index in [0.29, 0.717) is 18.3 Å². The molecule has 1 heterocycles. The lowest BCUT2D eigenvalue weighted by molar-refractivity contribution is 0.284. The number of nitrogens with two attached hydrogens (primary N) is 1. The Hall–Kier alpha value is -1.40. The van der Waals surface area contributed by atoms with Gasteiger partial charge in [-0.05, 0) is 43.5 Å². The normalized spacial score (nSPS) is 12.4. The minimum atomic E-state index is 0.102. The fourth-order valence-electron chi connectivity index (χ4n) is 1.96. The van der Waals surface area contributed by atoms with Crippen LogP contribution in [0.1, 0.15) is 37.5 Å². The van der Waals surface area contributed by atoms with Crippen molar-refractivity contribution in [3.8, 4) is 5.75 Å². The van der Waals surface area contributed by atoms with Gasteiger partial charge in [-0.3, -0.25) is 0 Å². The van der Waals surface area contributed by atoms with Crippen molar-refractivity contribution in [2.45, 2.75) is 45.8 Å². The Morgan fingerprint density at radius 2 is 2.24 bits per heavy atom. The average molecular weight is 354 g/mol. The lowest BCUT2D eigenvalue weighted by Crippen LogP contribution is -2.18. The van der Waals surface area contributed by atoms with E-state index in [2.05, 4.69) is 33.0 Å². The van der Waals surface area contributed by atoms with Crippen molar-refractivity contribution in [2.24, 2.45) is 5.73 Å². The third-order valence-electron chi connectivity index (χ3n) is 2.90. The summed E-state index contributed by atoms with van der Waals surface area (Å²) in [6, 6.07) is 5.96. The van der Waals surface area contributed by atoms with E-state index in [0.717, 1.165) is 35.0 Å². The number of ether oxygens (including phenoxy) is 1. The molecular weight excluding hydrogens is 334 g/mol. The Kier molecular flexibility index (Phi) is 5.76. The van der Waals surface area contributed by atoms with Crippen LogP contribution in [0.3, 0.4) is 0 Å². The second-order valence-corrected chi connectivity index (χ2v) is 5.93. The Balaban J connectivity index is 1.98. The summed E-state index contributed by atoms with van der Waals surface area (Å²) in [4.78, 5) is 4.27. The molecular formula is C15H20BrN3O2. The summed E-state index contributed by atoms with van der Waals surface area (Å²) in [6.07, 6.45) is 2.57. The van der Waals surface area contributed by atoms with Crippen molar-refractivity contribution in [1.82, 2.24) is 10.1 Å². The first kappa shape index (κ1) is 16.0. The minimum Gasteiger partial charge on any atom is -0.485 e. The molecule has 0 aliphatic rings. The molecule has 1 aromatic heterocycles. The molecule has 21 heavy (non-hydrogen) atoms. The number of aryl methyl sites for hydroxylation is 1. The number of hydrogen-bond acceptors (Lipinski definition) is 5.